The fourth-order valence-corrected chi connectivity index (χ4v) is 2.97. The molecule has 11 heavy (non-hydrogen) atoms. The van der Waals surface area contributed by atoms with Gasteiger partial charge >= 0.3 is 0 Å². The normalized spacial score (nSPS) is 13.4. The molecule has 0 amide bonds. The minimum atomic E-state index is 0.710. The molecule has 1 atom stereocenters. The molecule has 1 unspecified atom stereocenters. The Morgan fingerprint density at radius 3 is 2.45 bits per heavy atom. The lowest BCUT2D eigenvalue weighted by Gasteiger charge is -2.08. The summed E-state index contributed by atoms with van der Waals surface area (Å²) in [6, 6.07) is 6.31. The van der Waals surface area contributed by atoms with E-state index in [9.17, 15) is 0 Å². The lowest BCUT2D eigenvalue weighted by atomic mass is 10.2. The van der Waals surface area contributed by atoms with Crippen molar-refractivity contribution in [1.82, 2.24) is 0 Å². The SMILES string of the molecule is CC([SiH3])c1cccc(Br)c1Br. The average molecular weight is 294 g/mol. The van der Waals surface area contributed by atoms with Gasteiger partial charge in [-0.3, -0.25) is 0 Å². The Kier molecular flexibility index (Phi) is 3.34. The second-order valence-corrected chi connectivity index (χ2v) is 6.18. The van der Waals surface area contributed by atoms with Crippen molar-refractivity contribution in [3.8, 4) is 0 Å². The van der Waals surface area contributed by atoms with E-state index in [0.29, 0.717) is 5.54 Å². The van der Waals surface area contributed by atoms with E-state index in [2.05, 4.69) is 57.0 Å². The highest BCUT2D eigenvalue weighted by atomic mass is 79.9. The molecule has 0 aliphatic rings. The quantitative estimate of drug-likeness (QED) is 0.699. The first kappa shape index (κ1) is 9.48. The highest BCUT2D eigenvalue weighted by Crippen LogP contribution is 2.29. The summed E-state index contributed by atoms with van der Waals surface area (Å²) < 4.78 is 2.36. The second kappa shape index (κ2) is 3.87. The van der Waals surface area contributed by atoms with Crippen molar-refractivity contribution in [2.75, 3.05) is 0 Å². The summed E-state index contributed by atoms with van der Waals surface area (Å²) in [5, 5.41) is 0. The van der Waals surface area contributed by atoms with Crippen molar-refractivity contribution in [2.24, 2.45) is 0 Å². The van der Waals surface area contributed by atoms with Gasteiger partial charge in [0.15, 0.2) is 0 Å². The standard InChI is InChI=1S/C8H10Br2Si/c1-5(11)6-3-2-4-7(9)8(6)10/h2-5H,1,11H3. The Morgan fingerprint density at radius 2 is 2.00 bits per heavy atom. The fraction of sp³-hybridized carbons (Fsp3) is 0.250. The number of hydrogen-bond donors (Lipinski definition) is 0. The molecular formula is C8H10Br2Si. The van der Waals surface area contributed by atoms with Crippen LogP contribution in [-0.2, 0) is 0 Å². The third-order valence-electron chi connectivity index (χ3n) is 1.60. The molecule has 0 spiro atoms. The zero-order valence-electron chi connectivity index (χ0n) is 6.57. The Labute approximate surface area is 87.1 Å². The zero-order chi connectivity index (χ0) is 8.43. The van der Waals surface area contributed by atoms with Gasteiger partial charge in [0, 0.05) is 19.2 Å². The monoisotopic (exact) mass is 292 g/mol. The van der Waals surface area contributed by atoms with Gasteiger partial charge in [-0.2, -0.15) is 0 Å². The zero-order valence-corrected chi connectivity index (χ0v) is 11.7. The molecule has 1 rings (SSSR count). The summed E-state index contributed by atoms with van der Waals surface area (Å²) in [5.41, 5.74) is 2.12. The molecule has 0 radical (unpaired) electrons. The minimum absolute atomic E-state index is 0.710. The highest BCUT2D eigenvalue weighted by molar-refractivity contribution is 9.13. The topological polar surface area (TPSA) is 0 Å². The summed E-state index contributed by atoms with van der Waals surface area (Å²) >= 11 is 7.04. The van der Waals surface area contributed by atoms with Gasteiger partial charge in [-0.1, -0.05) is 19.1 Å². The molecule has 0 heterocycles. The fourth-order valence-electron chi connectivity index (χ4n) is 0.966. The molecule has 60 valence electrons. The van der Waals surface area contributed by atoms with Gasteiger partial charge in [0.05, 0.1) is 0 Å². The Morgan fingerprint density at radius 1 is 1.36 bits per heavy atom. The number of rotatable bonds is 1. The van der Waals surface area contributed by atoms with E-state index < -0.39 is 0 Å². The summed E-state index contributed by atoms with van der Waals surface area (Å²) in [6.45, 7) is 2.25. The predicted octanol–water partition coefficient (Wildman–Crippen LogP) is 2.64. The molecule has 3 heteroatoms. The maximum Gasteiger partial charge on any atom is 0.0348 e. The molecule has 0 saturated carbocycles. The maximum absolute atomic E-state index is 3.56. The summed E-state index contributed by atoms with van der Waals surface area (Å²) in [6.07, 6.45) is 0. The van der Waals surface area contributed by atoms with Crippen molar-refractivity contribution >= 4 is 42.1 Å². The van der Waals surface area contributed by atoms with E-state index in [4.69, 9.17) is 0 Å². The third kappa shape index (κ3) is 2.17. The summed E-state index contributed by atoms with van der Waals surface area (Å²) in [5.74, 6) is 0. The van der Waals surface area contributed by atoms with Gasteiger partial charge in [0.1, 0.15) is 0 Å². The lowest BCUT2D eigenvalue weighted by molar-refractivity contribution is 1.07. The van der Waals surface area contributed by atoms with Gasteiger partial charge in [-0.05, 0) is 49.0 Å². The molecule has 0 aliphatic heterocycles. The van der Waals surface area contributed by atoms with Crippen LogP contribution >= 0.6 is 31.9 Å². The van der Waals surface area contributed by atoms with E-state index in [1.54, 1.807) is 0 Å². The van der Waals surface area contributed by atoms with E-state index in [0.717, 1.165) is 4.47 Å². The van der Waals surface area contributed by atoms with E-state index in [1.807, 2.05) is 0 Å². The third-order valence-corrected chi connectivity index (χ3v) is 4.30. The van der Waals surface area contributed by atoms with Gasteiger partial charge < -0.3 is 0 Å². The number of hydrogen-bond acceptors (Lipinski definition) is 0. The van der Waals surface area contributed by atoms with Crippen LogP contribution in [0.25, 0.3) is 0 Å². The van der Waals surface area contributed by atoms with Crippen LogP contribution in [0.3, 0.4) is 0 Å². The Balaban J connectivity index is 3.17. The van der Waals surface area contributed by atoms with Crippen LogP contribution in [-0.4, -0.2) is 10.2 Å². The molecule has 0 N–H and O–H groups in total. The number of benzene rings is 1. The average Bonchev–Trinajstić information content (AvgIpc) is 1.94. The van der Waals surface area contributed by atoms with Crippen molar-refractivity contribution in [3.63, 3.8) is 0 Å². The first-order valence-corrected chi connectivity index (χ1v) is 6.31. The molecule has 0 saturated heterocycles. The van der Waals surface area contributed by atoms with Crippen molar-refractivity contribution < 1.29 is 0 Å². The molecule has 0 nitrogen and oxygen atoms in total. The number of halogens is 2. The van der Waals surface area contributed by atoms with Gasteiger partial charge in [0.25, 0.3) is 0 Å². The largest absolute Gasteiger partial charge is 0.0617 e. The van der Waals surface area contributed by atoms with Crippen LogP contribution in [0, 0.1) is 0 Å². The molecular weight excluding hydrogens is 284 g/mol. The van der Waals surface area contributed by atoms with Crippen LogP contribution in [0.4, 0.5) is 0 Å². The molecule has 0 fully saturated rings. The summed E-state index contributed by atoms with van der Waals surface area (Å²) in [7, 11) is 1.20. The molecule has 0 bridgehead atoms. The maximum atomic E-state index is 3.56. The van der Waals surface area contributed by atoms with Crippen LogP contribution in [0.5, 0.6) is 0 Å². The van der Waals surface area contributed by atoms with Crippen LogP contribution in [0.2, 0.25) is 0 Å². The molecule has 0 aliphatic carbocycles. The van der Waals surface area contributed by atoms with Crippen molar-refractivity contribution in [1.29, 1.82) is 0 Å². The lowest BCUT2D eigenvalue weighted by Crippen LogP contribution is -1.93. The van der Waals surface area contributed by atoms with Gasteiger partial charge in [-0.15, -0.1) is 0 Å². The Bertz CT molecular complexity index is 258. The first-order chi connectivity index (χ1) is 5.13. The van der Waals surface area contributed by atoms with Crippen molar-refractivity contribution in [2.45, 2.75) is 12.5 Å². The van der Waals surface area contributed by atoms with Crippen molar-refractivity contribution in [3.05, 3.63) is 32.7 Å². The predicted molar refractivity (Wildman–Crippen MR) is 60.2 cm³/mol. The van der Waals surface area contributed by atoms with E-state index in [-0.39, 0.29) is 0 Å². The van der Waals surface area contributed by atoms with Gasteiger partial charge in [0.2, 0.25) is 0 Å². The smallest absolute Gasteiger partial charge is 0.0348 e. The van der Waals surface area contributed by atoms with E-state index >= 15 is 0 Å². The highest BCUT2D eigenvalue weighted by Gasteiger charge is 2.05. The molecule has 1 aromatic rings. The first-order valence-electron chi connectivity index (χ1n) is 3.57. The van der Waals surface area contributed by atoms with Crippen LogP contribution in [0.1, 0.15) is 18.0 Å². The molecule has 0 aromatic heterocycles. The molecule has 1 aromatic carbocycles. The van der Waals surface area contributed by atoms with E-state index in [1.165, 1.54) is 20.3 Å². The second-order valence-electron chi connectivity index (χ2n) is 2.80. The van der Waals surface area contributed by atoms with Crippen LogP contribution < -0.4 is 0 Å². The summed E-state index contributed by atoms with van der Waals surface area (Å²) in [4.78, 5) is 0. The minimum Gasteiger partial charge on any atom is -0.0617 e. The van der Waals surface area contributed by atoms with Gasteiger partial charge in [-0.25, -0.2) is 0 Å². The Hall–Kier alpha value is 0.397. The van der Waals surface area contributed by atoms with Crippen LogP contribution in [0.15, 0.2) is 27.1 Å².